The second-order valence-electron chi connectivity index (χ2n) is 3.55. The molecule has 0 amide bonds. The highest BCUT2D eigenvalue weighted by Crippen LogP contribution is 2.19. The summed E-state index contributed by atoms with van der Waals surface area (Å²) in [5, 5.41) is 13.6. The summed E-state index contributed by atoms with van der Waals surface area (Å²) in [5.41, 5.74) is 2.17. The fourth-order valence-corrected chi connectivity index (χ4v) is 1.83. The molecule has 0 aliphatic carbocycles. The first kappa shape index (κ1) is 14.3. The first-order chi connectivity index (χ1) is 8.52. The fraction of sp³-hybridized carbons (Fsp3) is 0.444. The first-order valence-corrected chi connectivity index (χ1v) is 6.92. The van der Waals surface area contributed by atoms with E-state index in [1.165, 1.54) is 12.1 Å². The van der Waals surface area contributed by atoms with Crippen molar-refractivity contribution >= 4 is 28.1 Å². The molecule has 100 valence electrons. The van der Waals surface area contributed by atoms with E-state index < -0.39 is 15.7 Å². The highest BCUT2D eigenvalue weighted by atomic mass is 32.2. The molecule has 8 nitrogen and oxygen atoms in total. The van der Waals surface area contributed by atoms with Gasteiger partial charge in [0, 0.05) is 29.4 Å². The minimum absolute atomic E-state index is 0.0977. The maximum Gasteiger partial charge on any atom is 0.276 e. The molecule has 1 rings (SSSR count). The molecule has 0 aromatic carbocycles. The van der Waals surface area contributed by atoms with E-state index in [2.05, 4.69) is 15.7 Å². The van der Waals surface area contributed by atoms with Gasteiger partial charge in [-0.3, -0.25) is 14.3 Å². The van der Waals surface area contributed by atoms with Crippen LogP contribution in [0, 0.1) is 10.1 Å². The van der Waals surface area contributed by atoms with Crippen molar-refractivity contribution in [3.05, 3.63) is 22.2 Å². The van der Waals surface area contributed by atoms with Crippen molar-refractivity contribution in [1.29, 1.82) is 0 Å². The number of hydrogen-bond acceptors (Lipinski definition) is 7. The molecule has 0 saturated carbocycles. The molecule has 0 aliphatic rings. The molecular weight excluding hydrogens is 258 g/mol. The monoisotopic (exact) mass is 273 g/mol. The number of nitrogens with one attached hydrogen (secondary N) is 2. The Hall–Kier alpha value is -1.74. The lowest BCUT2D eigenvalue weighted by Gasteiger charge is -2.07. The lowest BCUT2D eigenvalue weighted by molar-refractivity contribution is -0.384. The Bertz CT molecular complexity index is 454. The van der Waals surface area contributed by atoms with Gasteiger partial charge in [-0.1, -0.05) is 0 Å². The van der Waals surface area contributed by atoms with Crippen molar-refractivity contribution < 1.29 is 9.13 Å². The average Bonchev–Trinajstić information content (AvgIpc) is 2.34. The summed E-state index contributed by atoms with van der Waals surface area (Å²) in [6, 6.07) is 2.57. The van der Waals surface area contributed by atoms with E-state index >= 15 is 0 Å². The summed E-state index contributed by atoms with van der Waals surface area (Å²) in [4.78, 5) is 14.2. The number of pyridine rings is 1. The summed E-state index contributed by atoms with van der Waals surface area (Å²) >= 11 is 0. The Morgan fingerprint density at radius 3 is 2.72 bits per heavy atom. The Morgan fingerprint density at radius 2 is 2.17 bits per heavy atom. The van der Waals surface area contributed by atoms with Gasteiger partial charge in [0.15, 0.2) is 0 Å². The van der Waals surface area contributed by atoms with Gasteiger partial charge in [-0.05, 0) is 6.42 Å². The van der Waals surface area contributed by atoms with Crippen LogP contribution in [0.3, 0.4) is 0 Å². The lowest BCUT2D eigenvalue weighted by atomic mass is 10.3. The second kappa shape index (κ2) is 6.87. The van der Waals surface area contributed by atoms with Crippen LogP contribution in [-0.4, -0.2) is 32.7 Å². The van der Waals surface area contributed by atoms with E-state index in [1.54, 1.807) is 6.26 Å². The molecule has 1 aromatic rings. The maximum atomic E-state index is 10.9. The molecule has 1 unspecified atom stereocenters. The minimum atomic E-state index is -0.842. The number of nitrogen functional groups attached to an aromatic ring is 1. The summed E-state index contributed by atoms with van der Waals surface area (Å²) in [5.74, 6) is 6.33. The zero-order valence-electron chi connectivity index (χ0n) is 9.88. The van der Waals surface area contributed by atoms with Crippen molar-refractivity contribution in [3.8, 4) is 0 Å². The van der Waals surface area contributed by atoms with Crippen LogP contribution < -0.4 is 16.6 Å². The standard InChI is InChI=1S/C9H15N5O3S/c1-18(17)4-2-3-11-8-5-7(14(15)16)6-9(12-8)13-10/h5-6H,2-4,10H2,1H3,(H2,11,12,13). The van der Waals surface area contributed by atoms with Gasteiger partial charge in [0.05, 0.1) is 17.1 Å². The van der Waals surface area contributed by atoms with Crippen LogP contribution in [0.2, 0.25) is 0 Å². The van der Waals surface area contributed by atoms with Crippen molar-refractivity contribution in [2.45, 2.75) is 6.42 Å². The summed E-state index contributed by atoms with van der Waals surface area (Å²) in [6.07, 6.45) is 2.32. The van der Waals surface area contributed by atoms with E-state index in [1.807, 2.05) is 0 Å². The fourth-order valence-electron chi connectivity index (χ4n) is 1.28. The van der Waals surface area contributed by atoms with Crippen molar-refractivity contribution in [3.63, 3.8) is 0 Å². The van der Waals surface area contributed by atoms with Crippen LogP contribution in [0.4, 0.5) is 17.3 Å². The van der Waals surface area contributed by atoms with Gasteiger partial charge in [0.1, 0.15) is 11.6 Å². The van der Waals surface area contributed by atoms with Crippen molar-refractivity contribution in [1.82, 2.24) is 4.98 Å². The van der Waals surface area contributed by atoms with Crippen LogP contribution in [0.25, 0.3) is 0 Å². The topological polar surface area (TPSA) is 123 Å². The molecule has 1 atom stereocenters. The Balaban J connectivity index is 2.66. The minimum Gasteiger partial charge on any atom is -0.370 e. The van der Waals surface area contributed by atoms with Crippen LogP contribution in [0.1, 0.15) is 6.42 Å². The number of nitrogens with zero attached hydrogens (tertiary/aromatic N) is 2. The molecule has 0 saturated heterocycles. The number of hydrogen-bond donors (Lipinski definition) is 3. The SMILES string of the molecule is CS(=O)CCCNc1cc([N+](=O)[O-])cc(NN)n1. The molecule has 1 heterocycles. The first-order valence-electron chi connectivity index (χ1n) is 5.20. The summed E-state index contributed by atoms with van der Waals surface area (Å²) < 4.78 is 10.9. The van der Waals surface area contributed by atoms with E-state index in [0.29, 0.717) is 24.5 Å². The predicted octanol–water partition coefficient (Wildman–Crippen LogP) is 0.456. The number of aromatic nitrogens is 1. The van der Waals surface area contributed by atoms with E-state index in [0.717, 1.165) is 0 Å². The molecule has 0 spiro atoms. The third kappa shape index (κ3) is 4.63. The molecule has 1 aromatic heterocycles. The lowest BCUT2D eigenvalue weighted by Crippen LogP contribution is -2.12. The Morgan fingerprint density at radius 1 is 1.50 bits per heavy atom. The van der Waals surface area contributed by atoms with Gasteiger partial charge in [-0.2, -0.15) is 0 Å². The second-order valence-corrected chi connectivity index (χ2v) is 5.11. The number of nitro groups is 1. The van der Waals surface area contributed by atoms with E-state index in [9.17, 15) is 14.3 Å². The number of nitrogens with two attached hydrogens (primary N) is 1. The van der Waals surface area contributed by atoms with Crippen molar-refractivity contribution in [2.75, 3.05) is 29.3 Å². The molecule has 9 heteroatoms. The van der Waals surface area contributed by atoms with Gasteiger partial charge in [0.2, 0.25) is 0 Å². The van der Waals surface area contributed by atoms with Crippen LogP contribution >= 0.6 is 0 Å². The van der Waals surface area contributed by atoms with Crippen LogP contribution in [-0.2, 0) is 10.8 Å². The zero-order chi connectivity index (χ0) is 13.5. The zero-order valence-corrected chi connectivity index (χ0v) is 10.7. The molecule has 0 radical (unpaired) electrons. The quantitative estimate of drug-likeness (QED) is 0.285. The van der Waals surface area contributed by atoms with Gasteiger partial charge in [0.25, 0.3) is 5.69 Å². The van der Waals surface area contributed by atoms with Crippen molar-refractivity contribution in [2.24, 2.45) is 5.84 Å². The van der Waals surface area contributed by atoms with Gasteiger partial charge in [-0.15, -0.1) is 0 Å². The smallest absolute Gasteiger partial charge is 0.276 e. The number of rotatable bonds is 7. The van der Waals surface area contributed by atoms with Crippen LogP contribution in [0.5, 0.6) is 0 Å². The largest absolute Gasteiger partial charge is 0.370 e. The third-order valence-corrected chi connectivity index (χ3v) is 2.95. The van der Waals surface area contributed by atoms with Gasteiger partial charge in [-0.25, -0.2) is 10.8 Å². The van der Waals surface area contributed by atoms with Gasteiger partial charge >= 0.3 is 0 Å². The predicted molar refractivity (Wildman–Crippen MR) is 70.7 cm³/mol. The van der Waals surface area contributed by atoms with Crippen LogP contribution in [0.15, 0.2) is 12.1 Å². The summed E-state index contributed by atoms with van der Waals surface area (Å²) in [6.45, 7) is 0.539. The normalized spacial score (nSPS) is 11.9. The molecule has 0 bridgehead atoms. The molecular formula is C9H15N5O3S. The average molecular weight is 273 g/mol. The highest BCUT2D eigenvalue weighted by molar-refractivity contribution is 7.84. The third-order valence-electron chi connectivity index (χ3n) is 2.08. The maximum absolute atomic E-state index is 10.9. The molecule has 0 fully saturated rings. The highest BCUT2D eigenvalue weighted by Gasteiger charge is 2.10. The Kier molecular flexibility index (Phi) is 5.46. The number of anilines is 2. The van der Waals surface area contributed by atoms with Gasteiger partial charge < -0.3 is 10.7 Å². The molecule has 18 heavy (non-hydrogen) atoms. The summed E-state index contributed by atoms with van der Waals surface area (Å²) in [7, 11) is -0.842. The van der Waals surface area contributed by atoms with E-state index in [4.69, 9.17) is 5.84 Å². The Labute approximate surface area is 107 Å². The number of hydrazine groups is 1. The molecule has 0 aliphatic heterocycles. The molecule has 4 N–H and O–H groups in total. The van der Waals surface area contributed by atoms with E-state index in [-0.39, 0.29) is 11.5 Å².